The van der Waals surface area contributed by atoms with Gasteiger partial charge in [-0.15, -0.1) is 10.2 Å². The molecule has 0 bridgehead atoms. The van der Waals surface area contributed by atoms with E-state index in [-0.39, 0.29) is 6.10 Å². The van der Waals surface area contributed by atoms with Crippen molar-refractivity contribution >= 4 is 10.8 Å². The molecular formula is C15H19N3O3S. The predicted octanol–water partition coefficient (Wildman–Crippen LogP) is 1.95. The van der Waals surface area contributed by atoms with E-state index in [0.29, 0.717) is 16.7 Å². The monoisotopic (exact) mass is 321 g/mol. The summed E-state index contributed by atoms with van der Waals surface area (Å²) in [5, 5.41) is 8.38. The molecule has 118 valence electrons. The van der Waals surface area contributed by atoms with Crippen LogP contribution in [0.5, 0.6) is 5.75 Å². The molecular weight excluding hydrogens is 302 g/mol. The molecule has 22 heavy (non-hydrogen) atoms. The Morgan fingerprint density at radius 1 is 1.41 bits per heavy atom. The number of hydrogen-bond donors (Lipinski definition) is 0. The van der Waals surface area contributed by atoms with Crippen LogP contribution in [0.1, 0.15) is 19.3 Å². The van der Waals surface area contributed by atoms with Crippen molar-refractivity contribution in [3.05, 3.63) is 30.6 Å². The van der Waals surface area contributed by atoms with Gasteiger partial charge in [0.1, 0.15) is 12.1 Å². The number of nitrogens with zero attached hydrogens (tertiary/aromatic N) is 3. The molecule has 2 atom stereocenters. The largest absolute Gasteiger partial charge is 0.495 e. The normalized spacial score (nSPS) is 19.8. The molecule has 0 radical (unpaired) electrons. The van der Waals surface area contributed by atoms with Gasteiger partial charge in [-0.1, -0.05) is 12.1 Å². The molecule has 2 heterocycles. The van der Waals surface area contributed by atoms with Gasteiger partial charge in [-0.25, -0.2) is 0 Å². The molecule has 3 rings (SSSR count). The van der Waals surface area contributed by atoms with Gasteiger partial charge >= 0.3 is 0 Å². The smallest absolute Gasteiger partial charge is 0.226 e. The van der Waals surface area contributed by atoms with Gasteiger partial charge in [0.15, 0.2) is 0 Å². The standard InChI is InChI=1S/C15H19N3O3S/c1-20-14-8-3-2-7-13(14)18-11-16-17-15(18)22(19)10-12-6-4-5-9-21-12/h2-3,7-8,11-12H,4-6,9-10H2,1H3/t12-,22+/m1/s1. The zero-order chi connectivity index (χ0) is 15.4. The Hall–Kier alpha value is -1.73. The maximum absolute atomic E-state index is 12.6. The number of rotatable bonds is 5. The van der Waals surface area contributed by atoms with Gasteiger partial charge in [0, 0.05) is 6.61 Å². The first-order valence-electron chi connectivity index (χ1n) is 7.33. The van der Waals surface area contributed by atoms with Gasteiger partial charge in [-0.05, 0) is 31.4 Å². The second kappa shape index (κ2) is 7.02. The van der Waals surface area contributed by atoms with Crippen LogP contribution in [0, 0.1) is 0 Å². The minimum Gasteiger partial charge on any atom is -0.495 e. The number of hydrogen-bond acceptors (Lipinski definition) is 5. The van der Waals surface area contributed by atoms with Crippen molar-refractivity contribution in [3.63, 3.8) is 0 Å². The van der Waals surface area contributed by atoms with E-state index in [0.717, 1.165) is 31.6 Å². The van der Waals surface area contributed by atoms with Crippen LogP contribution in [0.3, 0.4) is 0 Å². The van der Waals surface area contributed by atoms with Gasteiger partial charge < -0.3 is 9.47 Å². The highest BCUT2D eigenvalue weighted by Gasteiger charge is 2.22. The Kier molecular flexibility index (Phi) is 4.84. The number of aromatic nitrogens is 3. The third kappa shape index (κ3) is 3.20. The van der Waals surface area contributed by atoms with Crippen molar-refractivity contribution < 1.29 is 13.7 Å². The van der Waals surface area contributed by atoms with Crippen LogP contribution in [0.4, 0.5) is 0 Å². The lowest BCUT2D eigenvalue weighted by Crippen LogP contribution is -2.26. The Balaban J connectivity index is 1.83. The summed E-state index contributed by atoms with van der Waals surface area (Å²) in [6.07, 6.45) is 4.76. The number of para-hydroxylation sites is 2. The zero-order valence-electron chi connectivity index (χ0n) is 12.5. The molecule has 1 aliphatic heterocycles. The van der Waals surface area contributed by atoms with Crippen molar-refractivity contribution in [1.82, 2.24) is 14.8 Å². The fourth-order valence-electron chi connectivity index (χ4n) is 2.56. The summed E-state index contributed by atoms with van der Waals surface area (Å²) in [4.78, 5) is 0. The van der Waals surface area contributed by atoms with E-state index in [1.165, 1.54) is 0 Å². The van der Waals surface area contributed by atoms with Crippen LogP contribution in [0.25, 0.3) is 5.69 Å². The molecule has 7 heteroatoms. The first kappa shape index (κ1) is 15.2. The summed E-state index contributed by atoms with van der Waals surface area (Å²) < 4.78 is 25.4. The first-order chi connectivity index (χ1) is 10.8. The second-order valence-electron chi connectivity index (χ2n) is 5.16. The minimum atomic E-state index is -1.26. The molecule has 1 fully saturated rings. The SMILES string of the molecule is COc1ccccc1-n1cnnc1[S@@](=O)C[C@H]1CCCCO1. The molecule has 1 aliphatic rings. The van der Waals surface area contributed by atoms with E-state index in [9.17, 15) is 4.21 Å². The van der Waals surface area contributed by atoms with Crippen molar-refractivity contribution in [1.29, 1.82) is 0 Å². The van der Waals surface area contributed by atoms with Gasteiger partial charge in [0.25, 0.3) is 0 Å². The Labute approximate surface area is 131 Å². The van der Waals surface area contributed by atoms with Crippen molar-refractivity contribution in [3.8, 4) is 11.4 Å². The lowest BCUT2D eigenvalue weighted by atomic mass is 10.1. The van der Waals surface area contributed by atoms with Crippen molar-refractivity contribution in [2.24, 2.45) is 0 Å². The van der Waals surface area contributed by atoms with E-state index in [4.69, 9.17) is 9.47 Å². The quantitative estimate of drug-likeness (QED) is 0.842. The van der Waals surface area contributed by atoms with Gasteiger partial charge in [-0.2, -0.15) is 0 Å². The average molecular weight is 321 g/mol. The first-order valence-corrected chi connectivity index (χ1v) is 8.65. The molecule has 0 spiro atoms. The Bertz CT molecular complexity index is 653. The third-order valence-corrected chi connectivity index (χ3v) is 5.04. The molecule has 0 aliphatic carbocycles. The minimum absolute atomic E-state index is 0.0393. The van der Waals surface area contributed by atoms with E-state index in [1.807, 2.05) is 24.3 Å². The maximum atomic E-state index is 12.6. The zero-order valence-corrected chi connectivity index (χ0v) is 13.3. The molecule has 1 aromatic heterocycles. The lowest BCUT2D eigenvalue weighted by Gasteiger charge is -2.21. The molecule has 0 unspecified atom stereocenters. The predicted molar refractivity (Wildman–Crippen MR) is 82.8 cm³/mol. The molecule has 0 amide bonds. The Morgan fingerprint density at radius 3 is 3.05 bits per heavy atom. The molecule has 2 aromatic rings. The molecule has 6 nitrogen and oxygen atoms in total. The van der Waals surface area contributed by atoms with Crippen LogP contribution < -0.4 is 4.74 Å². The highest BCUT2D eigenvalue weighted by molar-refractivity contribution is 7.84. The number of benzene rings is 1. The summed E-state index contributed by atoms with van der Waals surface area (Å²) in [6.45, 7) is 0.751. The van der Waals surface area contributed by atoms with Gasteiger partial charge in [0.2, 0.25) is 5.16 Å². The second-order valence-corrected chi connectivity index (χ2v) is 6.55. The van der Waals surface area contributed by atoms with E-state index in [1.54, 1.807) is 18.0 Å². The topological polar surface area (TPSA) is 66.2 Å². The summed E-state index contributed by atoms with van der Waals surface area (Å²) in [5.41, 5.74) is 0.780. The van der Waals surface area contributed by atoms with Crippen LogP contribution in [-0.2, 0) is 15.5 Å². The van der Waals surface area contributed by atoms with Crippen molar-refractivity contribution in [2.45, 2.75) is 30.5 Å². The van der Waals surface area contributed by atoms with Crippen LogP contribution in [-0.4, -0.2) is 44.5 Å². The van der Waals surface area contributed by atoms with E-state index in [2.05, 4.69) is 10.2 Å². The van der Waals surface area contributed by atoms with Crippen LogP contribution >= 0.6 is 0 Å². The fraction of sp³-hybridized carbons (Fsp3) is 0.467. The summed E-state index contributed by atoms with van der Waals surface area (Å²) in [5.74, 6) is 1.14. The fourth-order valence-corrected chi connectivity index (χ4v) is 3.81. The number of methoxy groups -OCH3 is 1. The van der Waals surface area contributed by atoms with Gasteiger partial charge in [-0.3, -0.25) is 8.78 Å². The highest BCUT2D eigenvalue weighted by atomic mass is 32.2. The highest BCUT2D eigenvalue weighted by Crippen LogP contribution is 2.24. The third-order valence-electron chi connectivity index (χ3n) is 3.68. The Morgan fingerprint density at radius 2 is 2.27 bits per heavy atom. The number of ether oxygens (including phenoxy) is 2. The molecule has 1 aromatic carbocycles. The molecule has 0 N–H and O–H groups in total. The summed E-state index contributed by atoms with van der Waals surface area (Å²) in [7, 11) is 0.343. The average Bonchev–Trinajstić information content (AvgIpc) is 3.05. The van der Waals surface area contributed by atoms with Crippen LogP contribution in [0.2, 0.25) is 0 Å². The molecule has 0 saturated carbocycles. The van der Waals surface area contributed by atoms with E-state index < -0.39 is 10.8 Å². The maximum Gasteiger partial charge on any atom is 0.226 e. The van der Waals surface area contributed by atoms with Crippen LogP contribution in [0.15, 0.2) is 35.7 Å². The summed E-state index contributed by atoms with van der Waals surface area (Å²) >= 11 is 0. The molecule has 1 saturated heterocycles. The van der Waals surface area contributed by atoms with Crippen molar-refractivity contribution in [2.75, 3.05) is 19.5 Å². The van der Waals surface area contributed by atoms with E-state index >= 15 is 0 Å². The summed E-state index contributed by atoms with van der Waals surface area (Å²) in [6, 6.07) is 7.53. The lowest BCUT2D eigenvalue weighted by molar-refractivity contribution is 0.0309. The van der Waals surface area contributed by atoms with Gasteiger partial charge in [0.05, 0.1) is 35.5 Å².